The van der Waals surface area contributed by atoms with Crippen molar-refractivity contribution >= 4 is 0 Å². The predicted molar refractivity (Wildman–Crippen MR) is 65.7 cm³/mol. The maximum atomic E-state index is 9.03. The standard InChI is InChI=1S/C14H24O/c1-10-7-13(14(4,5)8-10)12(3)6-11(2)9-15/h6,8,12-13,15H,7,9H2,1-5H3/b11-6+. The lowest BCUT2D eigenvalue weighted by Crippen LogP contribution is -2.23. The summed E-state index contributed by atoms with van der Waals surface area (Å²) < 4.78 is 0. The fourth-order valence-electron chi connectivity index (χ4n) is 2.89. The number of aliphatic hydroxyl groups excluding tert-OH is 1. The van der Waals surface area contributed by atoms with Crippen molar-refractivity contribution in [2.75, 3.05) is 6.61 Å². The van der Waals surface area contributed by atoms with Crippen LogP contribution in [0.5, 0.6) is 0 Å². The van der Waals surface area contributed by atoms with Crippen LogP contribution in [0, 0.1) is 17.3 Å². The molecule has 86 valence electrons. The Morgan fingerprint density at radius 3 is 2.67 bits per heavy atom. The molecule has 0 saturated carbocycles. The number of allylic oxidation sites excluding steroid dienone is 3. The van der Waals surface area contributed by atoms with E-state index >= 15 is 0 Å². The normalized spacial score (nSPS) is 27.7. The van der Waals surface area contributed by atoms with Crippen molar-refractivity contribution in [1.29, 1.82) is 0 Å². The zero-order valence-corrected chi connectivity index (χ0v) is 10.7. The topological polar surface area (TPSA) is 20.2 Å². The second-order valence-corrected chi connectivity index (χ2v) is 5.65. The molecule has 2 unspecified atom stereocenters. The van der Waals surface area contributed by atoms with Gasteiger partial charge in [0.15, 0.2) is 0 Å². The summed E-state index contributed by atoms with van der Waals surface area (Å²) in [5, 5.41) is 9.03. The Kier molecular flexibility index (Phi) is 3.77. The number of rotatable bonds is 3. The molecule has 1 aliphatic rings. The smallest absolute Gasteiger partial charge is 0.0639 e. The molecule has 0 heterocycles. The molecule has 0 amide bonds. The van der Waals surface area contributed by atoms with Gasteiger partial charge in [0.1, 0.15) is 0 Å². The first-order valence-electron chi connectivity index (χ1n) is 5.83. The van der Waals surface area contributed by atoms with Crippen LogP contribution in [-0.2, 0) is 0 Å². The molecule has 1 aliphatic carbocycles. The highest BCUT2D eigenvalue weighted by Gasteiger charge is 2.35. The lowest BCUT2D eigenvalue weighted by atomic mass is 9.74. The molecule has 0 aromatic heterocycles. The van der Waals surface area contributed by atoms with Gasteiger partial charge in [-0.3, -0.25) is 0 Å². The van der Waals surface area contributed by atoms with E-state index in [1.165, 1.54) is 12.0 Å². The van der Waals surface area contributed by atoms with Crippen LogP contribution in [0.15, 0.2) is 23.3 Å². The van der Waals surface area contributed by atoms with Gasteiger partial charge < -0.3 is 5.11 Å². The van der Waals surface area contributed by atoms with Gasteiger partial charge in [0, 0.05) is 0 Å². The van der Waals surface area contributed by atoms with E-state index in [2.05, 4.69) is 39.8 Å². The second kappa shape index (κ2) is 4.52. The summed E-state index contributed by atoms with van der Waals surface area (Å²) in [6, 6.07) is 0. The van der Waals surface area contributed by atoms with Crippen LogP contribution >= 0.6 is 0 Å². The first kappa shape index (κ1) is 12.5. The van der Waals surface area contributed by atoms with Crippen molar-refractivity contribution in [3.05, 3.63) is 23.3 Å². The minimum atomic E-state index is 0.184. The van der Waals surface area contributed by atoms with Gasteiger partial charge in [-0.25, -0.2) is 0 Å². The second-order valence-electron chi connectivity index (χ2n) is 5.65. The molecule has 0 aromatic rings. The Hall–Kier alpha value is -0.560. The Bertz CT molecular complexity index is 284. The van der Waals surface area contributed by atoms with Crippen LogP contribution in [0.25, 0.3) is 0 Å². The van der Waals surface area contributed by atoms with Gasteiger partial charge in [-0.2, -0.15) is 0 Å². The molecule has 1 N–H and O–H groups in total. The van der Waals surface area contributed by atoms with Crippen molar-refractivity contribution in [3.63, 3.8) is 0 Å². The SMILES string of the molecule is CC1=CC(C)(C)C(C(C)/C=C(\C)CO)C1. The molecule has 0 spiro atoms. The third kappa shape index (κ3) is 2.94. The summed E-state index contributed by atoms with van der Waals surface area (Å²) in [5.74, 6) is 1.22. The van der Waals surface area contributed by atoms with Crippen LogP contribution in [0.3, 0.4) is 0 Å². The first-order chi connectivity index (χ1) is 6.86. The zero-order valence-electron chi connectivity index (χ0n) is 10.7. The van der Waals surface area contributed by atoms with Crippen molar-refractivity contribution in [2.45, 2.75) is 41.0 Å². The Labute approximate surface area is 93.9 Å². The lowest BCUT2D eigenvalue weighted by Gasteiger charge is -2.30. The van der Waals surface area contributed by atoms with E-state index in [4.69, 9.17) is 5.11 Å². The molecule has 0 radical (unpaired) electrons. The molecule has 0 saturated heterocycles. The molecule has 0 bridgehead atoms. The van der Waals surface area contributed by atoms with E-state index in [0.29, 0.717) is 17.3 Å². The van der Waals surface area contributed by atoms with Crippen molar-refractivity contribution in [1.82, 2.24) is 0 Å². The van der Waals surface area contributed by atoms with Crippen LogP contribution in [-0.4, -0.2) is 11.7 Å². The summed E-state index contributed by atoms with van der Waals surface area (Å²) in [4.78, 5) is 0. The van der Waals surface area contributed by atoms with Gasteiger partial charge >= 0.3 is 0 Å². The fourth-order valence-corrected chi connectivity index (χ4v) is 2.89. The molecule has 1 nitrogen and oxygen atoms in total. The Morgan fingerprint density at radius 1 is 1.67 bits per heavy atom. The fraction of sp³-hybridized carbons (Fsp3) is 0.714. The van der Waals surface area contributed by atoms with Crippen molar-refractivity contribution in [3.8, 4) is 0 Å². The largest absolute Gasteiger partial charge is 0.392 e. The van der Waals surface area contributed by atoms with Crippen molar-refractivity contribution in [2.24, 2.45) is 17.3 Å². The van der Waals surface area contributed by atoms with E-state index in [1.54, 1.807) is 0 Å². The molecule has 2 atom stereocenters. The maximum absolute atomic E-state index is 9.03. The minimum absolute atomic E-state index is 0.184. The monoisotopic (exact) mass is 208 g/mol. The highest BCUT2D eigenvalue weighted by molar-refractivity contribution is 5.18. The Balaban J connectivity index is 2.75. The van der Waals surface area contributed by atoms with Crippen LogP contribution in [0.1, 0.15) is 41.0 Å². The third-order valence-electron chi connectivity index (χ3n) is 3.55. The van der Waals surface area contributed by atoms with Gasteiger partial charge in [0.25, 0.3) is 0 Å². The summed E-state index contributed by atoms with van der Waals surface area (Å²) in [5.41, 5.74) is 2.89. The maximum Gasteiger partial charge on any atom is 0.0639 e. The van der Waals surface area contributed by atoms with E-state index in [1.807, 2.05) is 6.92 Å². The number of hydrogen-bond donors (Lipinski definition) is 1. The molecule has 15 heavy (non-hydrogen) atoms. The van der Waals surface area contributed by atoms with E-state index in [9.17, 15) is 0 Å². The summed E-state index contributed by atoms with van der Waals surface area (Å²) in [7, 11) is 0. The molecule has 1 heteroatoms. The van der Waals surface area contributed by atoms with Crippen LogP contribution in [0.2, 0.25) is 0 Å². The summed E-state index contributed by atoms with van der Waals surface area (Å²) >= 11 is 0. The van der Waals surface area contributed by atoms with Gasteiger partial charge in [-0.05, 0) is 37.5 Å². The summed E-state index contributed by atoms with van der Waals surface area (Å²) in [6.07, 6.45) is 5.82. The summed E-state index contributed by atoms with van der Waals surface area (Å²) in [6.45, 7) is 11.3. The highest BCUT2D eigenvalue weighted by atomic mass is 16.3. The van der Waals surface area contributed by atoms with Gasteiger partial charge in [0.05, 0.1) is 6.61 Å². The quantitative estimate of drug-likeness (QED) is 0.703. The van der Waals surface area contributed by atoms with E-state index in [-0.39, 0.29) is 6.61 Å². The van der Waals surface area contributed by atoms with E-state index in [0.717, 1.165) is 5.57 Å². The molecular weight excluding hydrogens is 184 g/mol. The first-order valence-corrected chi connectivity index (χ1v) is 5.83. The number of aliphatic hydroxyl groups is 1. The average molecular weight is 208 g/mol. The van der Waals surface area contributed by atoms with Crippen LogP contribution in [0.4, 0.5) is 0 Å². The molecule has 0 aliphatic heterocycles. The van der Waals surface area contributed by atoms with E-state index < -0.39 is 0 Å². The molecule has 1 rings (SSSR count). The number of hydrogen-bond acceptors (Lipinski definition) is 1. The highest BCUT2D eigenvalue weighted by Crippen LogP contribution is 2.45. The third-order valence-corrected chi connectivity index (χ3v) is 3.55. The zero-order chi connectivity index (χ0) is 11.6. The average Bonchev–Trinajstić information content (AvgIpc) is 2.39. The molecule has 0 aromatic carbocycles. The lowest BCUT2D eigenvalue weighted by molar-refractivity contribution is 0.248. The minimum Gasteiger partial charge on any atom is -0.392 e. The van der Waals surface area contributed by atoms with Crippen LogP contribution < -0.4 is 0 Å². The van der Waals surface area contributed by atoms with Gasteiger partial charge in [-0.1, -0.05) is 44.1 Å². The molecular formula is C14H24O. The van der Waals surface area contributed by atoms with Gasteiger partial charge in [0.2, 0.25) is 0 Å². The predicted octanol–water partition coefficient (Wildman–Crippen LogP) is 3.55. The van der Waals surface area contributed by atoms with Crippen molar-refractivity contribution < 1.29 is 5.11 Å². The Morgan fingerprint density at radius 2 is 2.27 bits per heavy atom. The molecule has 0 fully saturated rings. The van der Waals surface area contributed by atoms with Gasteiger partial charge in [-0.15, -0.1) is 0 Å².